The molecule has 0 heterocycles. The molecule has 2 rings (SSSR count). The Morgan fingerprint density at radius 2 is 2.00 bits per heavy atom. The average molecular weight is 230 g/mol. The first kappa shape index (κ1) is 12.3. The Morgan fingerprint density at radius 1 is 1.24 bits per heavy atom. The van der Waals surface area contributed by atoms with Crippen molar-refractivity contribution in [2.45, 2.75) is 57.8 Å². The van der Waals surface area contributed by atoms with E-state index in [1.54, 1.807) is 0 Å². The van der Waals surface area contributed by atoms with Crippen LogP contribution in [-0.4, -0.2) is 6.29 Å². The first-order chi connectivity index (χ1) is 8.36. The Bertz CT molecular complexity index is 375. The lowest BCUT2D eigenvalue weighted by Gasteiger charge is -2.25. The van der Waals surface area contributed by atoms with Gasteiger partial charge in [0.2, 0.25) is 0 Å². The summed E-state index contributed by atoms with van der Waals surface area (Å²) >= 11 is 0. The number of hydrogen-bond acceptors (Lipinski definition) is 1. The van der Waals surface area contributed by atoms with Crippen LogP contribution in [0.2, 0.25) is 0 Å². The summed E-state index contributed by atoms with van der Waals surface area (Å²) in [6.45, 7) is 2.21. The lowest BCUT2D eigenvalue weighted by atomic mass is 9.79. The van der Waals surface area contributed by atoms with Gasteiger partial charge in [0.05, 0.1) is 0 Å². The molecular formula is C16H22O. The fourth-order valence-electron chi connectivity index (χ4n) is 3.11. The molecule has 0 aliphatic heterocycles. The molecule has 0 N–H and O–H groups in total. The van der Waals surface area contributed by atoms with Gasteiger partial charge in [-0.25, -0.2) is 0 Å². The molecule has 1 nitrogen and oxygen atoms in total. The maximum atomic E-state index is 11.2. The zero-order valence-corrected chi connectivity index (χ0v) is 10.7. The van der Waals surface area contributed by atoms with Gasteiger partial charge in [-0.1, -0.05) is 50.8 Å². The van der Waals surface area contributed by atoms with Gasteiger partial charge in [-0.05, 0) is 36.3 Å². The van der Waals surface area contributed by atoms with E-state index in [1.165, 1.54) is 43.2 Å². The van der Waals surface area contributed by atoms with E-state index in [-0.39, 0.29) is 0 Å². The third-order valence-corrected chi connectivity index (χ3v) is 3.89. The van der Waals surface area contributed by atoms with Gasteiger partial charge in [0, 0.05) is 5.56 Å². The lowest BCUT2D eigenvalue weighted by Crippen LogP contribution is -2.10. The van der Waals surface area contributed by atoms with E-state index in [9.17, 15) is 4.79 Å². The van der Waals surface area contributed by atoms with Gasteiger partial charge in [-0.3, -0.25) is 4.79 Å². The first-order valence-corrected chi connectivity index (χ1v) is 6.93. The van der Waals surface area contributed by atoms with E-state index in [1.807, 2.05) is 12.1 Å². The van der Waals surface area contributed by atoms with Crippen LogP contribution < -0.4 is 0 Å². The molecule has 17 heavy (non-hydrogen) atoms. The van der Waals surface area contributed by atoms with Crippen LogP contribution in [0.3, 0.4) is 0 Å². The van der Waals surface area contributed by atoms with Crippen molar-refractivity contribution in [1.29, 1.82) is 0 Å². The first-order valence-electron chi connectivity index (χ1n) is 6.93. The summed E-state index contributed by atoms with van der Waals surface area (Å²) in [6.07, 6.45) is 9.84. The van der Waals surface area contributed by atoms with Crippen molar-refractivity contribution in [3.63, 3.8) is 0 Å². The minimum Gasteiger partial charge on any atom is -0.298 e. The summed E-state index contributed by atoms with van der Waals surface area (Å²) in [5.41, 5.74) is 3.70. The molecule has 1 aliphatic rings. The van der Waals surface area contributed by atoms with Crippen LogP contribution in [0, 0.1) is 0 Å². The highest BCUT2D eigenvalue weighted by Gasteiger charge is 2.20. The molecule has 0 bridgehead atoms. The van der Waals surface area contributed by atoms with Crippen LogP contribution in [0.4, 0.5) is 0 Å². The Morgan fingerprint density at radius 3 is 2.65 bits per heavy atom. The molecule has 1 saturated carbocycles. The molecule has 1 aromatic carbocycles. The molecule has 0 saturated heterocycles. The number of hydrogen-bond donors (Lipinski definition) is 0. The minimum atomic E-state index is 0.631. The standard InChI is InChI=1S/C16H22O/c1-2-7-13-10-6-11-15(12-17)16(13)14-8-4-3-5-9-14/h6,10-12,14H,2-5,7-9H2,1H3. The fourth-order valence-corrected chi connectivity index (χ4v) is 3.11. The van der Waals surface area contributed by atoms with Crippen LogP contribution in [0.1, 0.15) is 72.9 Å². The summed E-state index contributed by atoms with van der Waals surface area (Å²) < 4.78 is 0. The van der Waals surface area contributed by atoms with Crippen molar-refractivity contribution in [3.8, 4) is 0 Å². The quantitative estimate of drug-likeness (QED) is 0.696. The lowest BCUT2D eigenvalue weighted by molar-refractivity contribution is 0.112. The van der Waals surface area contributed by atoms with Crippen LogP contribution in [0.5, 0.6) is 0 Å². The number of carbonyl (C=O) groups excluding carboxylic acids is 1. The average Bonchev–Trinajstić information content (AvgIpc) is 2.40. The van der Waals surface area contributed by atoms with Gasteiger partial charge in [0.25, 0.3) is 0 Å². The molecule has 0 spiro atoms. The van der Waals surface area contributed by atoms with Gasteiger partial charge in [0.15, 0.2) is 0 Å². The van der Waals surface area contributed by atoms with Crippen LogP contribution in [0.25, 0.3) is 0 Å². The fraction of sp³-hybridized carbons (Fsp3) is 0.562. The summed E-state index contributed by atoms with van der Waals surface area (Å²) in [6, 6.07) is 6.22. The highest BCUT2D eigenvalue weighted by atomic mass is 16.1. The van der Waals surface area contributed by atoms with Crippen molar-refractivity contribution in [1.82, 2.24) is 0 Å². The van der Waals surface area contributed by atoms with E-state index in [4.69, 9.17) is 0 Å². The van der Waals surface area contributed by atoms with Gasteiger partial charge < -0.3 is 0 Å². The second kappa shape index (κ2) is 6.00. The van der Waals surface area contributed by atoms with E-state index in [2.05, 4.69) is 13.0 Å². The summed E-state index contributed by atoms with van der Waals surface area (Å²) in [5, 5.41) is 0. The molecule has 0 amide bonds. The third-order valence-electron chi connectivity index (χ3n) is 3.89. The summed E-state index contributed by atoms with van der Waals surface area (Å²) in [4.78, 5) is 11.2. The van der Waals surface area contributed by atoms with E-state index in [0.29, 0.717) is 5.92 Å². The van der Waals surface area contributed by atoms with Crippen molar-refractivity contribution in [2.75, 3.05) is 0 Å². The largest absolute Gasteiger partial charge is 0.298 e. The SMILES string of the molecule is CCCc1cccc(C=O)c1C1CCCCC1. The number of rotatable bonds is 4. The molecule has 0 atom stereocenters. The number of benzene rings is 1. The maximum Gasteiger partial charge on any atom is 0.150 e. The van der Waals surface area contributed by atoms with Crippen molar-refractivity contribution < 1.29 is 4.79 Å². The number of carbonyl (C=O) groups is 1. The predicted molar refractivity (Wildman–Crippen MR) is 71.7 cm³/mol. The number of aldehydes is 1. The van der Waals surface area contributed by atoms with Gasteiger partial charge in [-0.2, -0.15) is 0 Å². The minimum absolute atomic E-state index is 0.631. The Hall–Kier alpha value is -1.11. The molecule has 1 fully saturated rings. The maximum absolute atomic E-state index is 11.2. The summed E-state index contributed by atoms with van der Waals surface area (Å²) in [5.74, 6) is 0.631. The second-order valence-electron chi connectivity index (χ2n) is 5.12. The van der Waals surface area contributed by atoms with Crippen LogP contribution in [-0.2, 0) is 6.42 Å². The second-order valence-corrected chi connectivity index (χ2v) is 5.12. The molecule has 92 valence electrons. The summed E-state index contributed by atoms with van der Waals surface area (Å²) in [7, 11) is 0. The normalized spacial score (nSPS) is 17.0. The highest BCUT2D eigenvalue weighted by molar-refractivity contribution is 5.78. The van der Waals surface area contributed by atoms with Crippen molar-refractivity contribution in [2.24, 2.45) is 0 Å². The predicted octanol–water partition coefficient (Wildman–Crippen LogP) is 4.50. The molecule has 1 aliphatic carbocycles. The topological polar surface area (TPSA) is 17.1 Å². The molecular weight excluding hydrogens is 208 g/mol. The Balaban J connectivity index is 2.35. The molecule has 1 heteroatoms. The molecule has 1 aromatic rings. The monoisotopic (exact) mass is 230 g/mol. The van der Waals surface area contributed by atoms with Gasteiger partial charge in [0.1, 0.15) is 6.29 Å². The van der Waals surface area contributed by atoms with E-state index < -0.39 is 0 Å². The zero-order chi connectivity index (χ0) is 12.1. The molecule has 0 aromatic heterocycles. The van der Waals surface area contributed by atoms with Crippen molar-refractivity contribution in [3.05, 3.63) is 34.9 Å². The Kier molecular flexibility index (Phi) is 4.36. The van der Waals surface area contributed by atoms with Gasteiger partial charge in [-0.15, -0.1) is 0 Å². The van der Waals surface area contributed by atoms with Gasteiger partial charge >= 0.3 is 0 Å². The molecule has 0 unspecified atom stereocenters. The Labute approximate surface area is 104 Å². The zero-order valence-electron chi connectivity index (χ0n) is 10.7. The van der Waals surface area contributed by atoms with Crippen LogP contribution in [0.15, 0.2) is 18.2 Å². The molecule has 0 radical (unpaired) electrons. The number of aryl methyl sites for hydroxylation is 1. The highest BCUT2D eigenvalue weighted by Crippen LogP contribution is 2.36. The van der Waals surface area contributed by atoms with E-state index >= 15 is 0 Å². The van der Waals surface area contributed by atoms with Crippen molar-refractivity contribution >= 4 is 6.29 Å². The smallest absolute Gasteiger partial charge is 0.150 e. The van der Waals surface area contributed by atoms with Crippen LogP contribution >= 0.6 is 0 Å². The third kappa shape index (κ3) is 2.77. The van der Waals surface area contributed by atoms with E-state index in [0.717, 1.165) is 24.7 Å².